The number of carbonyl (C=O) groups excluding carboxylic acids is 2. The molecule has 1 fully saturated rings. The summed E-state index contributed by atoms with van der Waals surface area (Å²) in [4.78, 5) is 24.4. The van der Waals surface area contributed by atoms with Crippen LogP contribution < -0.4 is 10.1 Å². The van der Waals surface area contributed by atoms with Gasteiger partial charge in [0, 0.05) is 17.6 Å². The molecule has 1 aliphatic rings. The van der Waals surface area contributed by atoms with Crippen LogP contribution >= 0.6 is 15.9 Å². The summed E-state index contributed by atoms with van der Waals surface area (Å²) in [5.41, 5.74) is 0. The van der Waals surface area contributed by atoms with E-state index in [1.54, 1.807) is 0 Å². The minimum atomic E-state index is -0.355. The van der Waals surface area contributed by atoms with E-state index in [4.69, 9.17) is 4.74 Å². The molecule has 0 radical (unpaired) electrons. The lowest BCUT2D eigenvalue weighted by Crippen LogP contribution is -2.37. The van der Waals surface area contributed by atoms with Crippen LogP contribution in [0.1, 0.15) is 0 Å². The summed E-state index contributed by atoms with van der Waals surface area (Å²) in [6.07, 6.45) is 0. The number of ether oxygens (including phenoxy) is 1. The van der Waals surface area contributed by atoms with Gasteiger partial charge in [0.1, 0.15) is 5.75 Å². The monoisotopic (exact) mass is 348 g/mol. The van der Waals surface area contributed by atoms with Gasteiger partial charge in [-0.25, -0.2) is 4.79 Å². The Labute approximate surface area is 130 Å². The second kappa shape index (κ2) is 5.73. The van der Waals surface area contributed by atoms with Gasteiger partial charge in [-0.1, -0.05) is 28.1 Å². The highest BCUT2D eigenvalue weighted by Gasteiger charge is 2.26. The summed E-state index contributed by atoms with van der Waals surface area (Å²) < 4.78 is 6.50. The third kappa shape index (κ3) is 3.00. The molecule has 0 unspecified atom stereocenters. The molecular weight excluding hydrogens is 336 g/mol. The van der Waals surface area contributed by atoms with Crippen molar-refractivity contribution in [1.29, 1.82) is 0 Å². The fourth-order valence-corrected chi connectivity index (χ4v) is 2.60. The van der Waals surface area contributed by atoms with Crippen LogP contribution in [0.25, 0.3) is 10.8 Å². The summed E-state index contributed by atoms with van der Waals surface area (Å²) in [6.45, 7) is 0.748. The van der Waals surface area contributed by atoms with Crippen molar-refractivity contribution in [3.05, 3.63) is 40.9 Å². The zero-order chi connectivity index (χ0) is 14.8. The largest absolute Gasteiger partial charge is 0.484 e. The number of benzene rings is 2. The zero-order valence-electron chi connectivity index (χ0n) is 11.1. The average molecular weight is 349 g/mol. The topological polar surface area (TPSA) is 58.6 Å². The van der Waals surface area contributed by atoms with E-state index < -0.39 is 0 Å². The predicted molar refractivity (Wildman–Crippen MR) is 82.3 cm³/mol. The van der Waals surface area contributed by atoms with E-state index in [0.717, 1.165) is 20.1 Å². The number of urea groups is 1. The van der Waals surface area contributed by atoms with Crippen LogP contribution in [-0.2, 0) is 4.79 Å². The summed E-state index contributed by atoms with van der Waals surface area (Å²) in [5.74, 6) is 0.277. The number of nitrogens with zero attached hydrogens (tertiary/aromatic N) is 1. The number of rotatable bonds is 3. The molecular formula is C15H13BrN2O3. The number of fused-ring (bicyclic) bond motifs is 1. The first-order valence-corrected chi connectivity index (χ1v) is 7.33. The molecule has 108 valence electrons. The molecule has 2 aromatic carbocycles. The lowest BCUT2D eigenvalue weighted by Gasteiger charge is -2.13. The molecule has 21 heavy (non-hydrogen) atoms. The van der Waals surface area contributed by atoms with E-state index in [2.05, 4.69) is 21.2 Å². The third-order valence-corrected chi connectivity index (χ3v) is 3.79. The van der Waals surface area contributed by atoms with Crippen LogP contribution in [-0.4, -0.2) is 36.5 Å². The van der Waals surface area contributed by atoms with E-state index in [0.29, 0.717) is 18.8 Å². The Hall–Kier alpha value is -2.08. The molecule has 1 aliphatic heterocycles. The van der Waals surface area contributed by atoms with Gasteiger partial charge in [0.15, 0.2) is 6.61 Å². The van der Waals surface area contributed by atoms with Crippen molar-refractivity contribution < 1.29 is 14.3 Å². The molecule has 6 heteroatoms. The summed E-state index contributed by atoms with van der Waals surface area (Å²) >= 11 is 3.42. The highest BCUT2D eigenvalue weighted by Crippen LogP contribution is 2.24. The zero-order valence-corrected chi connectivity index (χ0v) is 12.7. The molecule has 3 amide bonds. The minimum absolute atomic E-state index is 0.143. The number of carbonyl (C=O) groups is 2. The molecule has 5 nitrogen and oxygen atoms in total. The van der Waals surface area contributed by atoms with Gasteiger partial charge < -0.3 is 10.1 Å². The van der Waals surface area contributed by atoms with Crippen LogP contribution in [0.4, 0.5) is 4.79 Å². The Balaban J connectivity index is 1.69. The Bertz CT molecular complexity index is 717. The Morgan fingerprint density at radius 1 is 1.24 bits per heavy atom. The molecule has 1 heterocycles. The molecule has 0 aromatic heterocycles. The first-order chi connectivity index (χ1) is 10.1. The summed E-state index contributed by atoms with van der Waals surface area (Å²) in [7, 11) is 0. The third-order valence-electron chi connectivity index (χ3n) is 3.29. The van der Waals surface area contributed by atoms with Crippen molar-refractivity contribution in [1.82, 2.24) is 10.2 Å². The second-order valence-electron chi connectivity index (χ2n) is 4.72. The fraction of sp³-hybridized carbons (Fsp3) is 0.200. The Morgan fingerprint density at radius 3 is 2.76 bits per heavy atom. The van der Waals surface area contributed by atoms with E-state index in [-0.39, 0.29) is 18.5 Å². The maximum atomic E-state index is 11.9. The van der Waals surface area contributed by atoms with E-state index in [1.165, 1.54) is 0 Å². The van der Waals surface area contributed by atoms with Crippen molar-refractivity contribution in [2.75, 3.05) is 19.7 Å². The number of hydrogen-bond donors (Lipinski definition) is 1. The van der Waals surface area contributed by atoms with Crippen molar-refractivity contribution in [2.24, 2.45) is 0 Å². The first kappa shape index (κ1) is 13.9. The van der Waals surface area contributed by atoms with Crippen molar-refractivity contribution in [2.45, 2.75) is 0 Å². The van der Waals surface area contributed by atoms with Gasteiger partial charge in [0.25, 0.3) is 5.91 Å². The van der Waals surface area contributed by atoms with Gasteiger partial charge in [0.05, 0.1) is 0 Å². The van der Waals surface area contributed by atoms with Gasteiger partial charge in [0.2, 0.25) is 0 Å². The second-order valence-corrected chi connectivity index (χ2v) is 5.63. The van der Waals surface area contributed by atoms with Crippen LogP contribution in [0.2, 0.25) is 0 Å². The highest BCUT2D eigenvalue weighted by atomic mass is 79.9. The summed E-state index contributed by atoms with van der Waals surface area (Å²) in [6, 6.07) is 11.2. The molecule has 2 aromatic rings. The van der Waals surface area contributed by atoms with Gasteiger partial charge in [-0.15, -0.1) is 0 Å². The Kier molecular flexibility index (Phi) is 3.79. The maximum absolute atomic E-state index is 11.9. The molecule has 0 spiro atoms. The predicted octanol–water partition coefficient (Wildman–Crippen LogP) is 2.53. The average Bonchev–Trinajstić information content (AvgIpc) is 2.91. The number of imide groups is 1. The number of nitrogens with one attached hydrogen (secondary N) is 1. The molecule has 1 N–H and O–H groups in total. The highest BCUT2D eigenvalue weighted by molar-refractivity contribution is 9.10. The van der Waals surface area contributed by atoms with Crippen LogP contribution in [0.3, 0.4) is 0 Å². The lowest BCUT2D eigenvalue weighted by molar-refractivity contribution is -0.129. The molecule has 0 saturated carbocycles. The number of amides is 3. The molecule has 0 bridgehead atoms. The van der Waals surface area contributed by atoms with E-state index >= 15 is 0 Å². The van der Waals surface area contributed by atoms with E-state index in [1.807, 2.05) is 36.4 Å². The van der Waals surface area contributed by atoms with Crippen molar-refractivity contribution >= 4 is 38.6 Å². The first-order valence-electron chi connectivity index (χ1n) is 6.54. The summed E-state index contributed by atoms with van der Waals surface area (Å²) in [5, 5.41) is 4.70. The van der Waals surface area contributed by atoms with Gasteiger partial charge in [-0.3, -0.25) is 9.69 Å². The van der Waals surface area contributed by atoms with Crippen molar-refractivity contribution in [3.8, 4) is 5.75 Å². The minimum Gasteiger partial charge on any atom is -0.484 e. The van der Waals surface area contributed by atoms with Gasteiger partial charge >= 0.3 is 6.03 Å². The molecule has 1 saturated heterocycles. The van der Waals surface area contributed by atoms with Crippen LogP contribution in [0, 0.1) is 0 Å². The number of halogens is 1. The SMILES string of the molecule is O=C(COc1ccc2cc(Br)ccc2c1)N1CCNC1=O. The van der Waals surface area contributed by atoms with Gasteiger partial charge in [-0.2, -0.15) is 0 Å². The number of hydrogen-bond acceptors (Lipinski definition) is 3. The quantitative estimate of drug-likeness (QED) is 0.927. The lowest BCUT2D eigenvalue weighted by atomic mass is 10.1. The van der Waals surface area contributed by atoms with Crippen LogP contribution in [0.5, 0.6) is 5.75 Å². The molecule has 0 aliphatic carbocycles. The molecule has 3 rings (SSSR count). The van der Waals surface area contributed by atoms with Crippen molar-refractivity contribution in [3.63, 3.8) is 0 Å². The van der Waals surface area contributed by atoms with Gasteiger partial charge in [-0.05, 0) is 35.0 Å². The van der Waals surface area contributed by atoms with Crippen LogP contribution in [0.15, 0.2) is 40.9 Å². The molecule has 0 atom stereocenters. The maximum Gasteiger partial charge on any atom is 0.324 e. The fourth-order valence-electron chi connectivity index (χ4n) is 2.22. The standard InChI is InChI=1S/C15H13BrN2O3/c16-12-3-1-11-8-13(4-2-10(11)7-12)21-9-14(19)18-6-5-17-15(18)20/h1-4,7-8H,5-6,9H2,(H,17,20). The van der Waals surface area contributed by atoms with E-state index in [9.17, 15) is 9.59 Å². The smallest absolute Gasteiger partial charge is 0.324 e. The Morgan fingerprint density at radius 2 is 2.00 bits per heavy atom. The normalized spacial score (nSPS) is 14.3.